The van der Waals surface area contributed by atoms with Gasteiger partial charge >= 0.3 is 0 Å². The molecule has 0 amide bonds. The highest BCUT2D eigenvalue weighted by molar-refractivity contribution is 7.00. The lowest BCUT2D eigenvalue weighted by atomic mass is 10.1. The number of hydrogen-bond acceptors (Lipinski definition) is 4. The lowest BCUT2D eigenvalue weighted by Gasteiger charge is -2.20. The Morgan fingerprint density at radius 2 is 2.07 bits per heavy atom. The second-order valence-electron chi connectivity index (χ2n) is 4.65. The molecule has 0 bridgehead atoms. The minimum absolute atomic E-state index is 0.131. The molecule has 0 aliphatic heterocycles. The third kappa shape index (κ3) is 2.52. The first-order valence-corrected chi connectivity index (χ1v) is 5.74. The van der Waals surface area contributed by atoms with Crippen molar-refractivity contribution in [3.63, 3.8) is 0 Å². The first kappa shape index (κ1) is 10.5. The molecule has 80 valence electrons. The molecular formula is C11H15N3S. The molecular weight excluding hydrogens is 206 g/mol. The number of hydrogen-bond donors (Lipinski definition) is 1. The van der Waals surface area contributed by atoms with Crippen LogP contribution in [0.4, 0.5) is 0 Å². The van der Waals surface area contributed by atoms with Crippen LogP contribution < -0.4 is 5.32 Å². The van der Waals surface area contributed by atoms with E-state index in [4.69, 9.17) is 0 Å². The molecule has 2 rings (SSSR count). The summed E-state index contributed by atoms with van der Waals surface area (Å²) in [5.74, 6) is 0. The van der Waals surface area contributed by atoms with Gasteiger partial charge in [-0.25, -0.2) is 0 Å². The Bertz CT molecular complexity index is 456. The average Bonchev–Trinajstić information content (AvgIpc) is 2.61. The van der Waals surface area contributed by atoms with Gasteiger partial charge in [-0.3, -0.25) is 0 Å². The van der Waals surface area contributed by atoms with Gasteiger partial charge in [-0.15, -0.1) is 0 Å². The summed E-state index contributed by atoms with van der Waals surface area (Å²) in [6, 6.07) is 6.13. The maximum atomic E-state index is 4.31. The molecule has 2 aromatic rings. The Labute approximate surface area is 93.8 Å². The van der Waals surface area contributed by atoms with Gasteiger partial charge in [0.1, 0.15) is 11.0 Å². The molecule has 4 heteroatoms. The highest BCUT2D eigenvalue weighted by Gasteiger charge is 2.10. The Hall–Kier alpha value is -1.00. The molecule has 0 saturated carbocycles. The predicted octanol–water partition coefficient (Wildman–Crippen LogP) is 2.58. The molecule has 3 nitrogen and oxygen atoms in total. The zero-order valence-corrected chi connectivity index (χ0v) is 10.1. The Balaban J connectivity index is 2.24. The summed E-state index contributed by atoms with van der Waals surface area (Å²) < 4.78 is 8.54. The van der Waals surface area contributed by atoms with Gasteiger partial charge in [0.25, 0.3) is 0 Å². The summed E-state index contributed by atoms with van der Waals surface area (Å²) in [6.45, 7) is 7.32. The number of benzene rings is 1. The van der Waals surface area contributed by atoms with E-state index in [0.717, 1.165) is 17.6 Å². The molecule has 1 aromatic carbocycles. The molecule has 0 atom stereocenters. The largest absolute Gasteiger partial charge is 0.308 e. The Morgan fingerprint density at radius 1 is 1.27 bits per heavy atom. The van der Waals surface area contributed by atoms with E-state index in [0.29, 0.717) is 0 Å². The molecule has 1 aromatic heterocycles. The van der Waals surface area contributed by atoms with E-state index in [-0.39, 0.29) is 5.54 Å². The standard InChI is InChI=1S/C11H15N3S/c1-11(2,3)12-7-8-5-4-6-9-10(8)14-15-13-9/h4-6,12H,7H2,1-3H3. The minimum Gasteiger partial charge on any atom is -0.308 e. The maximum Gasteiger partial charge on any atom is 0.109 e. The predicted molar refractivity (Wildman–Crippen MR) is 64.0 cm³/mol. The molecule has 15 heavy (non-hydrogen) atoms. The van der Waals surface area contributed by atoms with Gasteiger partial charge in [0.2, 0.25) is 0 Å². The van der Waals surface area contributed by atoms with Gasteiger partial charge < -0.3 is 5.32 Å². The van der Waals surface area contributed by atoms with Crippen molar-refractivity contribution in [3.05, 3.63) is 23.8 Å². The van der Waals surface area contributed by atoms with Crippen LogP contribution in [0.1, 0.15) is 26.3 Å². The SMILES string of the molecule is CC(C)(C)NCc1cccc2nsnc12. The third-order valence-corrected chi connectivity index (χ3v) is 2.72. The fourth-order valence-corrected chi connectivity index (χ4v) is 1.93. The van der Waals surface area contributed by atoms with Crippen LogP contribution >= 0.6 is 11.7 Å². The number of aromatic nitrogens is 2. The van der Waals surface area contributed by atoms with Crippen molar-refractivity contribution in [2.75, 3.05) is 0 Å². The summed E-state index contributed by atoms with van der Waals surface area (Å²) in [7, 11) is 0. The highest BCUT2D eigenvalue weighted by Crippen LogP contribution is 2.16. The van der Waals surface area contributed by atoms with Gasteiger partial charge in [0.05, 0.1) is 11.7 Å². The highest BCUT2D eigenvalue weighted by atomic mass is 32.1. The van der Waals surface area contributed by atoms with Crippen molar-refractivity contribution in [2.45, 2.75) is 32.9 Å². The number of nitrogens with one attached hydrogen (secondary N) is 1. The van der Waals surface area contributed by atoms with E-state index in [1.807, 2.05) is 12.1 Å². The van der Waals surface area contributed by atoms with Crippen LogP contribution in [-0.2, 0) is 6.54 Å². The number of fused-ring (bicyclic) bond motifs is 1. The molecule has 0 saturated heterocycles. The van der Waals surface area contributed by atoms with E-state index >= 15 is 0 Å². The maximum absolute atomic E-state index is 4.31. The van der Waals surface area contributed by atoms with Gasteiger partial charge in [-0.05, 0) is 32.4 Å². The fourth-order valence-electron chi connectivity index (χ4n) is 1.37. The van der Waals surface area contributed by atoms with Crippen LogP contribution in [0.15, 0.2) is 18.2 Å². The topological polar surface area (TPSA) is 37.8 Å². The first-order chi connectivity index (χ1) is 7.06. The smallest absolute Gasteiger partial charge is 0.109 e. The quantitative estimate of drug-likeness (QED) is 0.847. The zero-order chi connectivity index (χ0) is 10.9. The first-order valence-electron chi connectivity index (χ1n) is 5.01. The second-order valence-corrected chi connectivity index (χ2v) is 5.18. The van der Waals surface area contributed by atoms with Crippen LogP contribution in [0.3, 0.4) is 0 Å². The fraction of sp³-hybridized carbons (Fsp3) is 0.455. The summed E-state index contributed by atoms with van der Waals surface area (Å²) >= 11 is 1.27. The summed E-state index contributed by atoms with van der Waals surface area (Å²) in [5, 5.41) is 3.46. The van der Waals surface area contributed by atoms with Crippen LogP contribution in [0, 0.1) is 0 Å². The lowest BCUT2D eigenvalue weighted by Crippen LogP contribution is -2.35. The van der Waals surface area contributed by atoms with Crippen molar-refractivity contribution in [3.8, 4) is 0 Å². The molecule has 0 fully saturated rings. The van der Waals surface area contributed by atoms with Crippen LogP contribution in [0.25, 0.3) is 11.0 Å². The van der Waals surface area contributed by atoms with Gasteiger partial charge in [0, 0.05) is 12.1 Å². The van der Waals surface area contributed by atoms with Crippen molar-refractivity contribution >= 4 is 22.8 Å². The van der Waals surface area contributed by atoms with Crippen LogP contribution in [0.2, 0.25) is 0 Å². The molecule has 1 heterocycles. The molecule has 0 spiro atoms. The lowest BCUT2D eigenvalue weighted by molar-refractivity contribution is 0.425. The molecule has 1 N–H and O–H groups in total. The molecule has 0 radical (unpaired) electrons. The van der Waals surface area contributed by atoms with Crippen LogP contribution in [0.5, 0.6) is 0 Å². The third-order valence-electron chi connectivity index (χ3n) is 2.18. The van der Waals surface area contributed by atoms with Gasteiger partial charge in [-0.1, -0.05) is 12.1 Å². The van der Waals surface area contributed by atoms with E-state index in [2.05, 4.69) is 40.9 Å². The summed E-state index contributed by atoms with van der Waals surface area (Å²) in [6.07, 6.45) is 0. The number of rotatable bonds is 2. The summed E-state index contributed by atoms with van der Waals surface area (Å²) in [5.41, 5.74) is 3.37. The van der Waals surface area contributed by atoms with Crippen molar-refractivity contribution in [1.29, 1.82) is 0 Å². The van der Waals surface area contributed by atoms with E-state index in [1.54, 1.807) is 0 Å². The van der Waals surface area contributed by atoms with Gasteiger partial charge in [0.15, 0.2) is 0 Å². The van der Waals surface area contributed by atoms with E-state index in [1.165, 1.54) is 17.3 Å². The molecule has 0 aliphatic rings. The molecule has 0 aliphatic carbocycles. The Kier molecular flexibility index (Phi) is 2.71. The van der Waals surface area contributed by atoms with Crippen molar-refractivity contribution < 1.29 is 0 Å². The Morgan fingerprint density at radius 3 is 2.80 bits per heavy atom. The number of nitrogens with zero attached hydrogens (tertiary/aromatic N) is 2. The van der Waals surface area contributed by atoms with Gasteiger partial charge in [-0.2, -0.15) is 8.75 Å². The minimum atomic E-state index is 0.131. The summed E-state index contributed by atoms with van der Waals surface area (Å²) in [4.78, 5) is 0. The monoisotopic (exact) mass is 221 g/mol. The van der Waals surface area contributed by atoms with E-state index < -0.39 is 0 Å². The average molecular weight is 221 g/mol. The zero-order valence-electron chi connectivity index (χ0n) is 9.24. The van der Waals surface area contributed by atoms with Crippen molar-refractivity contribution in [1.82, 2.24) is 14.1 Å². The van der Waals surface area contributed by atoms with Crippen LogP contribution in [-0.4, -0.2) is 14.3 Å². The molecule has 0 unspecified atom stereocenters. The normalized spacial score (nSPS) is 12.2. The van der Waals surface area contributed by atoms with E-state index in [9.17, 15) is 0 Å². The van der Waals surface area contributed by atoms with Crippen molar-refractivity contribution in [2.24, 2.45) is 0 Å². The second kappa shape index (κ2) is 3.87.